The zero-order chi connectivity index (χ0) is 12.2. The third-order valence-electron chi connectivity index (χ3n) is 2.56. The van der Waals surface area contributed by atoms with E-state index in [4.69, 9.17) is 6.48 Å². The predicted molar refractivity (Wildman–Crippen MR) is 64.1 cm³/mol. The summed E-state index contributed by atoms with van der Waals surface area (Å²) in [6.45, 7) is 2.16. The highest BCUT2D eigenvalue weighted by Crippen LogP contribution is 2.10. The van der Waals surface area contributed by atoms with E-state index in [1.54, 1.807) is 0 Å². The Hall–Kier alpha value is -0.530. The van der Waals surface area contributed by atoms with Gasteiger partial charge < -0.3 is 5.11 Å². The van der Waals surface area contributed by atoms with Crippen LogP contribution >= 0.6 is 0 Å². The second kappa shape index (κ2) is 11.5. The van der Waals surface area contributed by atoms with Crippen molar-refractivity contribution in [3.63, 3.8) is 0 Å². The monoisotopic (exact) mass is 215 g/mol. The largest absolute Gasteiger partial charge is 0.481 e. The lowest BCUT2D eigenvalue weighted by Gasteiger charge is -2.01. The fraction of sp³-hybridized carbons (Fsp3) is 0.923. The molecule has 0 rings (SSSR count). The van der Waals surface area contributed by atoms with Crippen LogP contribution in [-0.2, 0) is 4.79 Å². The van der Waals surface area contributed by atoms with Gasteiger partial charge in [-0.3, -0.25) is 4.79 Å². The fourth-order valence-corrected chi connectivity index (χ4v) is 1.59. The topological polar surface area (TPSA) is 37.3 Å². The van der Waals surface area contributed by atoms with Crippen molar-refractivity contribution in [1.29, 1.82) is 0 Å². The van der Waals surface area contributed by atoms with Crippen LogP contribution in [0.3, 0.4) is 0 Å². The lowest BCUT2D eigenvalue weighted by atomic mass is 10.1. The fourth-order valence-electron chi connectivity index (χ4n) is 1.59. The van der Waals surface area contributed by atoms with E-state index in [9.17, 15) is 4.79 Å². The molecule has 0 heterocycles. The zero-order valence-corrected chi connectivity index (χ0v) is 10.0. The van der Waals surface area contributed by atoms with Crippen molar-refractivity contribution >= 4 is 5.97 Å². The van der Waals surface area contributed by atoms with E-state index < -0.39 is 5.97 Å². The Morgan fingerprint density at radius 3 is 2.13 bits per heavy atom. The second-order valence-electron chi connectivity index (χ2n) is 4.13. The van der Waals surface area contributed by atoms with Gasteiger partial charge in [-0.25, -0.2) is 0 Å². The molecule has 15 heavy (non-hydrogen) atoms. The van der Waals surface area contributed by atoms with Crippen molar-refractivity contribution in [2.45, 2.75) is 77.5 Å². The number of carboxylic acids is 1. The van der Waals surface area contributed by atoms with E-state index in [-0.39, 0.29) is 6.40 Å². The zero-order valence-electron chi connectivity index (χ0n) is 11.0. The summed E-state index contributed by atoms with van der Waals surface area (Å²) in [5, 5.41) is 8.45. The molecule has 2 heteroatoms. The molecule has 0 spiro atoms. The molecular formula is C13H26O2. The van der Waals surface area contributed by atoms with Gasteiger partial charge in [-0.2, -0.15) is 0 Å². The molecule has 2 nitrogen and oxygen atoms in total. The van der Waals surface area contributed by atoms with Crippen LogP contribution in [0.5, 0.6) is 0 Å². The number of unbranched alkanes of at least 4 members (excludes halogenated alkanes) is 5. The van der Waals surface area contributed by atoms with Gasteiger partial charge in [0.25, 0.3) is 0 Å². The molecule has 0 saturated heterocycles. The molecule has 0 fully saturated rings. The van der Waals surface area contributed by atoms with E-state index in [0.29, 0.717) is 6.42 Å². The highest BCUT2D eigenvalue weighted by atomic mass is 16.4. The molecule has 0 saturated carbocycles. The van der Waals surface area contributed by atoms with Gasteiger partial charge in [-0.1, -0.05) is 64.7 Å². The first kappa shape index (κ1) is 12.5. The van der Waals surface area contributed by atoms with Crippen molar-refractivity contribution < 1.29 is 11.3 Å². The number of rotatable bonds is 11. The summed E-state index contributed by atoms with van der Waals surface area (Å²) in [7, 11) is 0. The number of carbonyl (C=O) groups is 1. The van der Waals surface area contributed by atoms with Gasteiger partial charge in [-0.05, 0) is 6.42 Å². The molecule has 0 bridgehead atoms. The van der Waals surface area contributed by atoms with Crippen molar-refractivity contribution in [3.8, 4) is 0 Å². The van der Waals surface area contributed by atoms with E-state index in [2.05, 4.69) is 6.92 Å². The van der Waals surface area contributed by atoms with Crippen molar-refractivity contribution in [2.75, 3.05) is 0 Å². The van der Waals surface area contributed by atoms with E-state index in [0.717, 1.165) is 44.9 Å². The van der Waals surface area contributed by atoms with Crippen LogP contribution in [-0.4, -0.2) is 11.1 Å². The summed E-state index contributed by atoms with van der Waals surface area (Å²) in [6.07, 6.45) is 10.1. The summed E-state index contributed by atoms with van der Waals surface area (Å²) in [5.74, 6) is -0.689. The van der Waals surface area contributed by atoms with E-state index in [1.165, 1.54) is 12.8 Å². The van der Waals surface area contributed by atoms with Crippen LogP contribution in [0, 0.1) is 0 Å². The number of aliphatic carboxylic acids is 1. The Balaban J connectivity index is 3.11. The Labute approximate surface area is 95.5 Å². The summed E-state index contributed by atoms with van der Waals surface area (Å²) >= 11 is 0. The Bertz CT molecular complexity index is 171. The van der Waals surface area contributed by atoms with Crippen LogP contribution in [0.25, 0.3) is 0 Å². The molecular weight excluding hydrogens is 188 g/mol. The lowest BCUT2D eigenvalue weighted by molar-refractivity contribution is -0.137. The van der Waals surface area contributed by atoms with Gasteiger partial charge in [0.05, 0.1) is 0 Å². The van der Waals surface area contributed by atoms with Gasteiger partial charge in [-0.15, -0.1) is 0 Å². The molecule has 0 aromatic rings. The van der Waals surface area contributed by atoms with Gasteiger partial charge in [0, 0.05) is 7.79 Å². The van der Waals surface area contributed by atoms with Crippen molar-refractivity contribution in [3.05, 3.63) is 0 Å². The van der Waals surface area contributed by atoms with Crippen LogP contribution in [0.15, 0.2) is 0 Å². The average molecular weight is 215 g/mol. The van der Waals surface area contributed by atoms with Gasteiger partial charge in [0.15, 0.2) is 0 Å². The van der Waals surface area contributed by atoms with Crippen molar-refractivity contribution in [1.82, 2.24) is 0 Å². The minimum absolute atomic E-state index is 0.124. The average Bonchev–Trinajstić information content (AvgIpc) is 2.24. The SMILES string of the molecule is [2H][C@@H](CCCC)CCCCCCCC(=O)O. The van der Waals surface area contributed by atoms with Crippen molar-refractivity contribution in [2.24, 2.45) is 0 Å². The smallest absolute Gasteiger partial charge is 0.303 e. The molecule has 0 radical (unpaired) electrons. The number of hydrogen-bond donors (Lipinski definition) is 1. The molecule has 1 N–H and O–H groups in total. The standard InChI is InChI=1S/C13H26O2/c1-2-3-4-5-6-7-8-9-10-11-12-13(14)15/h2-12H2,1H3,(H,14,15)/i5D/t5-/m0/s1. The van der Waals surface area contributed by atoms with Gasteiger partial charge in [0.1, 0.15) is 0 Å². The van der Waals surface area contributed by atoms with Gasteiger partial charge >= 0.3 is 5.97 Å². The summed E-state index contributed by atoms with van der Waals surface area (Å²) in [4.78, 5) is 10.3. The predicted octanol–water partition coefficient (Wildman–Crippen LogP) is 4.38. The molecule has 0 aliphatic carbocycles. The maximum absolute atomic E-state index is 10.3. The van der Waals surface area contributed by atoms with Crippen LogP contribution in [0.4, 0.5) is 0 Å². The van der Waals surface area contributed by atoms with Crippen LogP contribution in [0.2, 0.25) is 0 Å². The second-order valence-corrected chi connectivity index (χ2v) is 4.13. The Morgan fingerprint density at radius 1 is 1.00 bits per heavy atom. The first-order valence-corrected chi connectivity index (χ1v) is 6.30. The summed E-state index contributed by atoms with van der Waals surface area (Å²) < 4.78 is 7.77. The minimum Gasteiger partial charge on any atom is -0.481 e. The molecule has 1 atom stereocenters. The maximum atomic E-state index is 10.3. The lowest BCUT2D eigenvalue weighted by Crippen LogP contribution is -1.93. The minimum atomic E-state index is -0.689. The highest BCUT2D eigenvalue weighted by Gasteiger charge is 1.96. The first-order chi connectivity index (χ1) is 7.66. The summed E-state index contributed by atoms with van der Waals surface area (Å²) in [6, 6.07) is 0. The van der Waals surface area contributed by atoms with Crippen LogP contribution < -0.4 is 0 Å². The quantitative estimate of drug-likeness (QED) is 0.519. The normalized spacial score (nSPS) is 13.5. The maximum Gasteiger partial charge on any atom is 0.303 e. The molecule has 0 amide bonds. The molecule has 90 valence electrons. The molecule has 0 unspecified atom stereocenters. The Kier molecular flexibility index (Phi) is 9.65. The Morgan fingerprint density at radius 2 is 1.53 bits per heavy atom. The van der Waals surface area contributed by atoms with E-state index in [1.807, 2.05) is 0 Å². The highest BCUT2D eigenvalue weighted by molar-refractivity contribution is 5.66. The summed E-state index contributed by atoms with van der Waals surface area (Å²) in [5.41, 5.74) is 0. The van der Waals surface area contributed by atoms with E-state index >= 15 is 0 Å². The third kappa shape index (κ3) is 13.5. The molecule has 0 aromatic carbocycles. The number of hydrogen-bond acceptors (Lipinski definition) is 1. The van der Waals surface area contributed by atoms with Crippen LogP contribution in [0.1, 0.15) is 78.9 Å². The molecule has 0 aliphatic rings. The molecule has 0 aliphatic heterocycles. The molecule has 0 aromatic heterocycles. The number of carboxylic acid groups (broad SMARTS) is 1. The first-order valence-electron chi connectivity index (χ1n) is 6.88. The third-order valence-corrected chi connectivity index (χ3v) is 2.56. The van der Waals surface area contributed by atoms with Gasteiger partial charge in [0.2, 0.25) is 0 Å².